The second-order valence-electron chi connectivity index (χ2n) is 6.73. The molecular formula is C22H26N2O5. The van der Waals surface area contributed by atoms with Crippen molar-refractivity contribution in [1.29, 1.82) is 0 Å². The van der Waals surface area contributed by atoms with E-state index in [2.05, 4.69) is 18.7 Å². The van der Waals surface area contributed by atoms with Gasteiger partial charge in [0.05, 0.1) is 24.5 Å². The quantitative estimate of drug-likeness (QED) is 0.652. The van der Waals surface area contributed by atoms with Crippen LogP contribution in [0, 0.1) is 0 Å². The van der Waals surface area contributed by atoms with Gasteiger partial charge in [-0.1, -0.05) is 12.1 Å². The highest BCUT2D eigenvalue weighted by Gasteiger charge is 2.44. The summed E-state index contributed by atoms with van der Waals surface area (Å²) in [4.78, 5) is 29.4. The highest BCUT2D eigenvalue weighted by atomic mass is 16.5. The molecule has 0 fully saturated rings. The summed E-state index contributed by atoms with van der Waals surface area (Å²) in [6, 6.07) is 10.1. The Morgan fingerprint density at radius 1 is 1.21 bits per heavy atom. The van der Waals surface area contributed by atoms with Crippen LogP contribution in [0.3, 0.4) is 0 Å². The molecule has 1 amide bonds. The molecular weight excluding hydrogens is 372 g/mol. The monoisotopic (exact) mass is 398 g/mol. The molecule has 1 aromatic carbocycles. The van der Waals surface area contributed by atoms with E-state index in [9.17, 15) is 14.7 Å². The van der Waals surface area contributed by atoms with Gasteiger partial charge in [-0.05, 0) is 43.7 Å². The van der Waals surface area contributed by atoms with Gasteiger partial charge in [-0.3, -0.25) is 9.59 Å². The molecule has 29 heavy (non-hydrogen) atoms. The first kappa shape index (κ1) is 20.7. The van der Waals surface area contributed by atoms with E-state index in [1.807, 2.05) is 24.3 Å². The highest BCUT2D eigenvalue weighted by molar-refractivity contribution is 6.15. The maximum absolute atomic E-state index is 13.0. The van der Waals surface area contributed by atoms with Crippen LogP contribution in [-0.4, -0.2) is 55.0 Å². The van der Waals surface area contributed by atoms with Gasteiger partial charge >= 0.3 is 0 Å². The number of carbonyl (C=O) groups is 2. The first-order valence-corrected chi connectivity index (χ1v) is 9.69. The molecule has 0 bridgehead atoms. The van der Waals surface area contributed by atoms with Crippen LogP contribution in [0.5, 0.6) is 0 Å². The van der Waals surface area contributed by atoms with Gasteiger partial charge in [-0.15, -0.1) is 0 Å². The average Bonchev–Trinajstić information content (AvgIpc) is 3.36. The number of methoxy groups -OCH3 is 1. The number of aliphatic hydroxyl groups is 1. The Bertz CT molecular complexity index is 882. The normalized spacial score (nSPS) is 16.6. The fourth-order valence-corrected chi connectivity index (χ4v) is 3.65. The van der Waals surface area contributed by atoms with E-state index in [1.54, 1.807) is 6.07 Å². The Hall–Kier alpha value is -3.06. The number of rotatable bonds is 9. The van der Waals surface area contributed by atoms with Gasteiger partial charge < -0.3 is 24.1 Å². The summed E-state index contributed by atoms with van der Waals surface area (Å²) in [5.74, 6) is -1.55. The molecule has 1 N–H and O–H groups in total. The van der Waals surface area contributed by atoms with Gasteiger partial charge in [0.15, 0.2) is 11.5 Å². The summed E-state index contributed by atoms with van der Waals surface area (Å²) in [5.41, 5.74) is 1.82. The van der Waals surface area contributed by atoms with Crippen LogP contribution in [0.15, 0.2) is 58.4 Å². The van der Waals surface area contributed by atoms with Gasteiger partial charge in [0, 0.05) is 32.4 Å². The fraction of sp³-hybridized carbons (Fsp3) is 0.364. The fourth-order valence-electron chi connectivity index (χ4n) is 3.65. The molecule has 1 aliphatic rings. The molecule has 1 aliphatic heterocycles. The molecule has 1 aromatic heterocycles. The van der Waals surface area contributed by atoms with Crippen LogP contribution in [0.1, 0.15) is 36.0 Å². The van der Waals surface area contributed by atoms with Crippen molar-refractivity contribution in [3.05, 3.63) is 65.3 Å². The van der Waals surface area contributed by atoms with Crippen LogP contribution < -0.4 is 4.90 Å². The minimum atomic E-state index is -0.707. The van der Waals surface area contributed by atoms with Crippen molar-refractivity contribution in [1.82, 2.24) is 4.90 Å². The molecule has 7 nitrogen and oxygen atoms in total. The zero-order chi connectivity index (χ0) is 21.0. The number of furan rings is 1. The molecule has 2 aromatic rings. The highest BCUT2D eigenvalue weighted by Crippen LogP contribution is 2.39. The zero-order valence-electron chi connectivity index (χ0n) is 16.9. The molecule has 0 saturated carbocycles. The average molecular weight is 398 g/mol. The number of hydrogen-bond donors (Lipinski definition) is 1. The third-order valence-corrected chi connectivity index (χ3v) is 5.17. The predicted molar refractivity (Wildman–Crippen MR) is 109 cm³/mol. The lowest BCUT2D eigenvalue weighted by atomic mass is 9.95. The standard InChI is InChI=1S/C22H26N2O5/c1-4-23(5-2)16-10-8-15(9-11-16)19-18(20(25)17-7-6-13-29-17)21(26)22(27)24(19)12-14-28-3/h6-11,13,19,26H,4-5,12,14H2,1-3H3. The van der Waals surface area contributed by atoms with E-state index in [1.165, 1.54) is 24.3 Å². The molecule has 0 spiro atoms. The van der Waals surface area contributed by atoms with Crippen molar-refractivity contribution in [2.24, 2.45) is 0 Å². The number of amides is 1. The largest absolute Gasteiger partial charge is 0.503 e. The van der Waals surface area contributed by atoms with Crippen molar-refractivity contribution in [3.8, 4) is 0 Å². The maximum Gasteiger partial charge on any atom is 0.290 e. The SMILES string of the molecule is CCN(CC)c1ccc(C2C(C(=O)c3ccco3)=C(O)C(=O)N2CCOC)cc1. The Morgan fingerprint density at radius 2 is 1.90 bits per heavy atom. The van der Waals surface area contributed by atoms with E-state index in [0.717, 1.165) is 24.3 Å². The Labute approximate surface area is 170 Å². The van der Waals surface area contributed by atoms with Gasteiger partial charge in [-0.25, -0.2) is 0 Å². The van der Waals surface area contributed by atoms with Crippen molar-refractivity contribution < 1.29 is 23.8 Å². The summed E-state index contributed by atoms with van der Waals surface area (Å²) in [7, 11) is 1.54. The molecule has 1 atom stereocenters. The Kier molecular flexibility index (Phi) is 6.39. The lowest BCUT2D eigenvalue weighted by Crippen LogP contribution is -2.34. The molecule has 0 radical (unpaired) electrons. The number of anilines is 1. The van der Waals surface area contributed by atoms with E-state index >= 15 is 0 Å². The lowest BCUT2D eigenvalue weighted by Gasteiger charge is -2.27. The number of benzene rings is 1. The molecule has 0 aliphatic carbocycles. The van der Waals surface area contributed by atoms with E-state index in [-0.39, 0.29) is 24.5 Å². The van der Waals surface area contributed by atoms with Crippen LogP contribution in [0.25, 0.3) is 0 Å². The number of carbonyl (C=O) groups excluding carboxylic acids is 2. The summed E-state index contributed by atoms with van der Waals surface area (Å²) in [6.07, 6.45) is 1.39. The first-order valence-electron chi connectivity index (χ1n) is 9.69. The minimum Gasteiger partial charge on any atom is -0.503 e. The molecule has 154 valence electrons. The summed E-state index contributed by atoms with van der Waals surface area (Å²) in [5, 5.41) is 10.5. The number of nitrogens with zero attached hydrogens (tertiary/aromatic N) is 2. The van der Waals surface area contributed by atoms with Crippen molar-refractivity contribution in [2.75, 3.05) is 38.3 Å². The van der Waals surface area contributed by atoms with Crippen LogP contribution in [0.4, 0.5) is 5.69 Å². The van der Waals surface area contributed by atoms with Crippen molar-refractivity contribution in [3.63, 3.8) is 0 Å². The van der Waals surface area contributed by atoms with Gasteiger partial charge in [0.2, 0.25) is 5.78 Å². The lowest BCUT2D eigenvalue weighted by molar-refractivity contribution is -0.130. The van der Waals surface area contributed by atoms with Gasteiger partial charge in [-0.2, -0.15) is 0 Å². The third-order valence-electron chi connectivity index (χ3n) is 5.17. The Balaban J connectivity index is 2.02. The number of ether oxygens (including phenoxy) is 1. The molecule has 0 saturated heterocycles. The topological polar surface area (TPSA) is 83.2 Å². The number of Topliss-reactive ketones (excluding diaryl/α,β-unsaturated/α-hetero) is 1. The molecule has 7 heteroatoms. The van der Waals surface area contributed by atoms with E-state index < -0.39 is 23.5 Å². The smallest absolute Gasteiger partial charge is 0.290 e. The van der Waals surface area contributed by atoms with Crippen LogP contribution >= 0.6 is 0 Å². The first-order chi connectivity index (χ1) is 14.0. The van der Waals surface area contributed by atoms with E-state index in [4.69, 9.17) is 9.15 Å². The summed E-state index contributed by atoms with van der Waals surface area (Å²) >= 11 is 0. The van der Waals surface area contributed by atoms with Crippen LogP contribution in [-0.2, 0) is 9.53 Å². The zero-order valence-corrected chi connectivity index (χ0v) is 16.9. The number of aliphatic hydroxyl groups excluding tert-OH is 1. The van der Waals surface area contributed by atoms with Crippen LogP contribution in [0.2, 0.25) is 0 Å². The van der Waals surface area contributed by atoms with Gasteiger partial charge in [0.25, 0.3) is 5.91 Å². The Morgan fingerprint density at radius 3 is 2.45 bits per heavy atom. The van der Waals surface area contributed by atoms with Gasteiger partial charge in [0.1, 0.15) is 0 Å². The predicted octanol–water partition coefficient (Wildman–Crippen LogP) is 3.35. The van der Waals surface area contributed by atoms with E-state index in [0.29, 0.717) is 0 Å². The third kappa shape index (κ3) is 3.91. The minimum absolute atomic E-state index is 0.0247. The number of ketones is 1. The number of hydrogen-bond acceptors (Lipinski definition) is 6. The maximum atomic E-state index is 13.0. The summed E-state index contributed by atoms with van der Waals surface area (Å²) < 4.78 is 10.3. The van der Waals surface area contributed by atoms with Crippen molar-refractivity contribution >= 4 is 17.4 Å². The summed E-state index contributed by atoms with van der Waals surface area (Å²) in [6.45, 7) is 6.45. The second kappa shape index (κ2) is 8.96. The molecule has 3 rings (SSSR count). The second-order valence-corrected chi connectivity index (χ2v) is 6.73. The molecule has 2 heterocycles. The molecule has 1 unspecified atom stereocenters. The van der Waals surface area contributed by atoms with Crippen molar-refractivity contribution in [2.45, 2.75) is 19.9 Å².